The molecule has 0 N–H and O–H groups in total. The predicted octanol–water partition coefficient (Wildman–Crippen LogP) is 6.57. The summed E-state index contributed by atoms with van der Waals surface area (Å²) in [5, 5.41) is 9.62. The number of halogens is 1. The Morgan fingerprint density at radius 1 is 0.875 bits per heavy atom. The van der Waals surface area contributed by atoms with Gasteiger partial charge in [0.2, 0.25) is 0 Å². The maximum absolute atomic E-state index is 13.2. The Labute approximate surface area is 233 Å². The second-order valence-corrected chi connectivity index (χ2v) is 10.3. The number of imide groups is 1. The van der Waals surface area contributed by atoms with Crippen molar-refractivity contribution in [2.75, 3.05) is 11.6 Å². The van der Waals surface area contributed by atoms with Gasteiger partial charge in [-0.3, -0.25) is 19.5 Å². The SMILES string of the molecule is CCN1C(=O)c2cccc3c(N4N=C(c5cc6ccccc6oc5=O)CC4c4ccc(Cl)cc4)ccc(c23)C1=O. The number of carbonyl (C=O) groups is 2. The maximum Gasteiger partial charge on any atom is 0.345 e. The lowest BCUT2D eigenvalue weighted by Gasteiger charge is -2.29. The van der Waals surface area contributed by atoms with E-state index in [1.165, 1.54) is 4.90 Å². The highest BCUT2D eigenvalue weighted by Crippen LogP contribution is 2.42. The van der Waals surface area contributed by atoms with E-state index in [0.29, 0.717) is 51.4 Å². The fraction of sp³-hybridized carbons (Fsp3) is 0.125. The topological polar surface area (TPSA) is 83.2 Å². The van der Waals surface area contributed by atoms with Gasteiger partial charge in [-0.15, -0.1) is 0 Å². The van der Waals surface area contributed by atoms with Crippen LogP contribution in [0.15, 0.2) is 99.2 Å². The van der Waals surface area contributed by atoms with Crippen molar-refractivity contribution in [3.63, 3.8) is 0 Å². The number of benzene rings is 4. The molecule has 7 nitrogen and oxygen atoms in total. The average molecular weight is 548 g/mol. The molecule has 196 valence electrons. The fourth-order valence-corrected chi connectivity index (χ4v) is 5.85. The van der Waals surface area contributed by atoms with Crippen LogP contribution in [0.1, 0.15) is 51.2 Å². The van der Waals surface area contributed by atoms with E-state index < -0.39 is 5.63 Å². The van der Waals surface area contributed by atoms with Crippen molar-refractivity contribution in [2.24, 2.45) is 5.10 Å². The molecule has 0 saturated heterocycles. The Hall–Kier alpha value is -4.75. The Bertz CT molecular complexity index is 1940. The molecule has 0 aliphatic carbocycles. The van der Waals surface area contributed by atoms with Crippen LogP contribution in [0.3, 0.4) is 0 Å². The van der Waals surface area contributed by atoms with Crippen LogP contribution < -0.4 is 10.6 Å². The molecule has 5 aromatic rings. The number of hydrogen-bond acceptors (Lipinski definition) is 6. The first kappa shape index (κ1) is 24.3. The summed E-state index contributed by atoms with van der Waals surface area (Å²) in [5.74, 6) is -0.618. The van der Waals surface area contributed by atoms with Crippen molar-refractivity contribution in [2.45, 2.75) is 19.4 Å². The smallest absolute Gasteiger partial charge is 0.345 e. The van der Waals surface area contributed by atoms with Gasteiger partial charge in [0.1, 0.15) is 5.58 Å². The van der Waals surface area contributed by atoms with E-state index in [-0.39, 0.29) is 17.9 Å². The standard InChI is InChI=1S/C32H22ClN3O4/c1-2-35-30(37)22-8-5-7-21-26(15-14-23(29(21)22)31(35)38)36-27(18-10-12-20(33)13-11-18)17-25(34-36)24-16-19-6-3-4-9-28(19)40-32(24)39/h3-16,27H,2,17H2,1H3. The van der Waals surface area contributed by atoms with Crippen molar-refractivity contribution in [3.8, 4) is 0 Å². The van der Waals surface area contributed by atoms with E-state index in [1.807, 2.05) is 71.7 Å². The number of nitrogens with zero attached hydrogens (tertiary/aromatic N) is 3. The highest BCUT2D eigenvalue weighted by atomic mass is 35.5. The summed E-state index contributed by atoms with van der Waals surface area (Å²) in [6.07, 6.45) is 0.440. The molecule has 3 heterocycles. The zero-order valence-corrected chi connectivity index (χ0v) is 22.2. The molecule has 2 aliphatic rings. The summed E-state index contributed by atoms with van der Waals surface area (Å²) >= 11 is 6.20. The molecule has 1 unspecified atom stereocenters. The van der Waals surface area contributed by atoms with Gasteiger partial charge in [0.05, 0.1) is 23.0 Å². The van der Waals surface area contributed by atoms with Crippen LogP contribution in [-0.4, -0.2) is 29.0 Å². The Morgan fingerprint density at radius 3 is 2.40 bits per heavy atom. The van der Waals surface area contributed by atoms with Crippen LogP contribution in [0.4, 0.5) is 5.69 Å². The van der Waals surface area contributed by atoms with Crippen LogP contribution in [0.25, 0.3) is 21.7 Å². The third kappa shape index (κ3) is 3.66. The van der Waals surface area contributed by atoms with Crippen LogP contribution in [0.5, 0.6) is 0 Å². The third-order valence-electron chi connectivity index (χ3n) is 7.65. The summed E-state index contributed by atoms with van der Waals surface area (Å²) in [7, 11) is 0. The van der Waals surface area contributed by atoms with Crippen molar-refractivity contribution < 1.29 is 14.0 Å². The van der Waals surface area contributed by atoms with E-state index in [1.54, 1.807) is 25.1 Å². The molecule has 0 fully saturated rings. The van der Waals surface area contributed by atoms with Gasteiger partial charge in [-0.25, -0.2) is 4.79 Å². The number of carbonyl (C=O) groups excluding carboxylic acids is 2. The minimum absolute atomic E-state index is 0.266. The zero-order valence-electron chi connectivity index (χ0n) is 21.4. The molecule has 2 aliphatic heterocycles. The first-order chi connectivity index (χ1) is 19.4. The quantitative estimate of drug-likeness (QED) is 0.188. The molecule has 8 heteroatoms. The number of hydrazone groups is 1. The molecule has 40 heavy (non-hydrogen) atoms. The summed E-state index contributed by atoms with van der Waals surface area (Å²) in [6.45, 7) is 2.08. The van der Waals surface area contributed by atoms with Gasteiger partial charge in [-0.05, 0) is 55.0 Å². The number of amides is 2. The van der Waals surface area contributed by atoms with Crippen molar-refractivity contribution in [1.82, 2.24) is 4.90 Å². The van der Waals surface area contributed by atoms with Crippen LogP contribution in [0, 0.1) is 0 Å². The molecule has 4 aromatic carbocycles. The minimum Gasteiger partial charge on any atom is -0.422 e. The molecule has 0 bridgehead atoms. The van der Waals surface area contributed by atoms with Gasteiger partial charge in [-0.2, -0.15) is 5.10 Å². The largest absolute Gasteiger partial charge is 0.422 e. The van der Waals surface area contributed by atoms with Gasteiger partial charge in [0.15, 0.2) is 0 Å². The van der Waals surface area contributed by atoms with Crippen molar-refractivity contribution in [3.05, 3.63) is 123 Å². The van der Waals surface area contributed by atoms with Crippen molar-refractivity contribution in [1.29, 1.82) is 0 Å². The molecule has 1 atom stereocenters. The summed E-state index contributed by atoms with van der Waals surface area (Å²) in [6, 6.07) is 25.6. The Morgan fingerprint density at radius 2 is 1.62 bits per heavy atom. The lowest BCUT2D eigenvalue weighted by molar-refractivity contribution is 0.0619. The van der Waals surface area contributed by atoms with Gasteiger partial charge in [-0.1, -0.05) is 54.1 Å². The molecular weight excluding hydrogens is 526 g/mol. The lowest BCUT2D eigenvalue weighted by Crippen LogP contribution is -2.40. The highest BCUT2D eigenvalue weighted by Gasteiger charge is 2.36. The van der Waals surface area contributed by atoms with Gasteiger partial charge < -0.3 is 4.42 Å². The van der Waals surface area contributed by atoms with Gasteiger partial charge in [0, 0.05) is 45.3 Å². The molecule has 0 spiro atoms. The minimum atomic E-state index is -0.457. The van der Waals surface area contributed by atoms with E-state index in [4.69, 9.17) is 21.1 Å². The number of hydrogen-bond donors (Lipinski definition) is 0. The van der Waals surface area contributed by atoms with Crippen LogP contribution >= 0.6 is 11.6 Å². The monoisotopic (exact) mass is 547 g/mol. The lowest BCUT2D eigenvalue weighted by atomic mass is 9.92. The highest BCUT2D eigenvalue weighted by molar-refractivity contribution is 6.30. The number of rotatable bonds is 4. The molecule has 1 aromatic heterocycles. The molecule has 2 amide bonds. The Balaban J connectivity index is 1.43. The van der Waals surface area contributed by atoms with Gasteiger partial charge in [0.25, 0.3) is 11.8 Å². The molecular formula is C32H22ClN3O4. The van der Waals surface area contributed by atoms with E-state index in [0.717, 1.165) is 22.0 Å². The molecule has 0 radical (unpaired) electrons. The van der Waals surface area contributed by atoms with Crippen molar-refractivity contribution >= 4 is 56.6 Å². The molecule has 7 rings (SSSR count). The number of anilines is 1. The van der Waals surface area contributed by atoms with E-state index in [2.05, 4.69) is 0 Å². The number of fused-ring (bicyclic) bond motifs is 1. The number of para-hydroxylation sites is 1. The first-order valence-electron chi connectivity index (χ1n) is 13.0. The second kappa shape index (κ2) is 9.17. The predicted molar refractivity (Wildman–Crippen MR) is 155 cm³/mol. The summed E-state index contributed by atoms with van der Waals surface area (Å²) < 4.78 is 5.62. The normalized spacial score (nSPS) is 16.8. The summed E-state index contributed by atoms with van der Waals surface area (Å²) in [4.78, 5) is 40.7. The average Bonchev–Trinajstić information content (AvgIpc) is 3.41. The zero-order chi connectivity index (χ0) is 27.5. The Kier molecular flexibility index (Phi) is 5.57. The van der Waals surface area contributed by atoms with E-state index in [9.17, 15) is 14.4 Å². The molecule has 0 saturated carbocycles. The van der Waals surface area contributed by atoms with Gasteiger partial charge >= 0.3 is 5.63 Å². The van der Waals surface area contributed by atoms with Crippen LogP contribution in [-0.2, 0) is 0 Å². The summed E-state index contributed by atoms with van der Waals surface area (Å²) in [5.41, 5.74) is 3.69. The fourth-order valence-electron chi connectivity index (χ4n) is 5.72. The van der Waals surface area contributed by atoms with Crippen LogP contribution in [0.2, 0.25) is 5.02 Å². The maximum atomic E-state index is 13.2. The second-order valence-electron chi connectivity index (χ2n) is 9.86. The first-order valence-corrected chi connectivity index (χ1v) is 13.4. The van der Waals surface area contributed by atoms with E-state index >= 15 is 0 Å². The third-order valence-corrected chi connectivity index (χ3v) is 7.90.